The van der Waals surface area contributed by atoms with Crippen LogP contribution in [-0.2, 0) is 13.1 Å². The highest BCUT2D eigenvalue weighted by Crippen LogP contribution is 2.25. The number of benzene rings is 2. The van der Waals surface area contributed by atoms with Gasteiger partial charge in [-0.15, -0.1) is 24.0 Å². The fourth-order valence-electron chi connectivity index (χ4n) is 3.90. The zero-order chi connectivity index (χ0) is 19.9. The molecular formula is C23H29IN6. The van der Waals surface area contributed by atoms with Crippen molar-refractivity contribution in [2.24, 2.45) is 10.7 Å². The second kappa shape index (κ2) is 11.1. The van der Waals surface area contributed by atoms with Gasteiger partial charge in [0, 0.05) is 6.04 Å². The molecule has 0 bridgehead atoms. The predicted octanol–water partition coefficient (Wildman–Crippen LogP) is 4.35. The Morgan fingerprint density at radius 2 is 1.83 bits per heavy atom. The van der Waals surface area contributed by atoms with Gasteiger partial charge in [0.2, 0.25) is 0 Å². The largest absolute Gasteiger partial charge is 0.370 e. The van der Waals surface area contributed by atoms with E-state index in [0.717, 1.165) is 6.54 Å². The number of nitrogens with one attached hydrogen (secondary N) is 1. The summed E-state index contributed by atoms with van der Waals surface area (Å²) in [5.41, 5.74) is 10.9. The number of halogens is 1. The Bertz CT molecular complexity index is 931. The van der Waals surface area contributed by atoms with Crippen LogP contribution in [0.1, 0.15) is 43.2 Å². The van der Waals surface area contributed by atoms with Crippen molar-refractivity contribution in [3.63, 3.8) is 0 Å². The lowest BCUT2D eigenvalue weighted by molar-refractivity contribution is 0.412. The van der Waals surface area contributed by atoms with Crippen LogP contribution in [0.2, 0.25) is 0 Å². The molecule has 4 rings (SSSR count). The molecule has 2 aromatic carbocycles. The summed E-state index contributed by atoms with van der Waals surface area (Å²) in [5, 5.41) is 7.55. The maximum absolute atomic E-state index is 6.15. The van der Waals surface area contributed by atoms with Gasteiger partial charge in [-0.2, -0.15) is 5.10 Å². The summed E-state index contributed by atoms with van der Waals surface area (Å²) in [7, 11) is 0. The standard InChI is InChI=1S/C23H28N6.HI/c24-23(28-21-7-2-1-3-8-21)26-14-20-6-4-5-9-22(20)19-12-10-18(11-13-19)15-29-17-25-16-27-29;/h4-6,9-13,16-17,21H,1-3,7-8,14-15H2,(H3,24,26,28);1H. The Hall–Kier alpha value is -2.42. The molecule has 1 saturated carbocycles. The number of aliphatic imine (C=N–C) groups is 1. The van der Waals surface area contributed by atoms with E-state index in [-0.39, 0.29) is 24.0 Å². The highest BCUT2D eigenvalue weighted by atomic mass is 127. The molecule has 1 aromatic heterocycles. The number of hydrogen-bond acceptors (Lipinski definition) is 3. The molecule has 0 amide bonds. The molecule has 0 saturated heterocycles. The third-order valence-electron chi connectivity index (χ3n) is 5.47. The van der Waals surface area contributed by atoms with Gasteiger partial charge in [0.15, 0.2) is 5.96 Å². The third kappa shape index (κ3) is 6.04. The van der Waals surface area contributed by atoms with Gasteiger partial charge in [0.1, 0.15) is 12.7 Å². The highest BCUT2D eigenvalue weighted by molar-refractivity contribution is 14.0. The van der Waals surface area contributed by atoms with Crippen LogP contribution in [0.4, 0.5) is 0 Å². The monoisotopic (exact) mass is 516 g/mol. The molecule has 0 spiro atoms. The van der Waals surface area contributed by atoms with Gasteiger partial charge in [0.25, 0.3) is 0 Å². The van der Waals surface area contributed by atoms with Crippen molar-refractivity contribution < 1.29 is 0 Å². The maximum Gasteiger partial charge on any atom is 0.189 e. The minimum Gasteiger partial charge on any atom is -0.370 e. The van der Waals surface area contributed by atoms with Crippen LogP contribution in [0, 0.1) is 0 Å². The highest BCUT2D eigenvalue weighted by Gasteiger charge is 2.13. The number of rotatable bonds is 6. The molecular weight excluding hydrogens is 487 g/mol. The van der Waals surface area contributed by atoms with Crippen molar-refractivity contribution in [3.8, 4) is 11.1 Å². The smallest absolute Gasteiger partial charge is 0.189 e. The summed E-state index contributed by atoms with van der Waals surface area (Å²) in [4.78, 5) is 8.60. The number of hydrogen-bond donors (Lipinski definition) is 2. The Labute approximate surface area is 195 Å². The first kappa shape index (κ1) is 22.3. The van der Waals surface area contributed by atoms with Crippen LogP contribution < -0.4 is 11.1 Å². The number of nitrogens with two attached hydrogens (primary N) is 1. The van der Waals surface area contributed by atoms with Gasteiger partial charge in [-0.1, -0.05) is 67.8 Å². The summed E-state index contributed by atoms with van der Waals surface area (Å²) in [6.45, 7) is 1.29. The lowest BCUT2D eigenvalue weighted by Gasteiger charge is -2.23. The Balaban J connectivity index is 0.00000256. The zero-order valence-corrected chi connectivity index (χ0v) is 19.4. The molecule has 3 N–H and O–H groups in total. The average molecular weight is 516 g/mol. The molecule has 0 radical (unpaired) electrons. The van der Waals surface area contributed by atoms with Crippen LogP contribution in [0.15, 0.2) is 66.2 Å². The molecule has 6 nitrogen and oxygen atoms in total. The predicted molar refractivity (Wildman–Crippen MR) is 132 cm³/mol. The second-order valence-corrected chi connectivity index (χ2v) is 7.63. The van der Waals surface area contributed by atoms with Gasteiger partial charge >= 0.3 is 0 Å². The first-order valence-electron chi connectivity index (χ1n) is 10.3. The van der Waals surface area contributed by atoms with Crippen LogP contribution in [0.3, 0.4) is 0 Å². The van der Waals surface area contributed by atoms with Crippen molar-refractivity contribution in [1.29, 1.82) is 0 Å². The molecule has 158 valence electrons. The van der Waals surface area contributed by atoms with Crippen LogP contribution in [-0.4, -0.2) is 26.8 Å². The molecule has 1 aliphatic carbocycles. The van der Waals surface area contributed by atoms with E-state index in [9.17, 15) is 0 Å². The van der Waals surface area contributed by atoms with Gasteiger partial charge in [-0.3, -0.25) is 0 Å². The summed E-state index contributed by atoms with van der Waals surface area (Å²) in [5.74, 6) is 0.551. The maximum atomic E-state index is 6.15. The summed E-state index contributed by atoms with van der Waals surface area (Å²) < 4.78 is 1.82. The minimum atomic E-state index is 0. The molecule has 30 heavy (non-hydrogen) atoms. The fraction of sp³-hybridized carbons (Fsp3) is 0.348. The molecule has 0 atom stereocenters. The Kier molecular flexibility index (Phi) is 8.24. The number of guanidine groups is 1. The van der Waals surface area contributed by atoms with Crippen LogP contribution in [0.25, 0.3) is 11.1 Å². The lowest BCUT2D eigenvalue weighted by atomic mass is 9.96. The first-order valence-corrected chi connectivity index (χ1v) is 10.3. The quantitative estimate of drug-likeness (QED) is 0.290. The zero-order valence-electron chi connectivity index (χ0n) is 17.1. The van der Waals surface area contributed by atoms with E-state index < -0.39 is 0 Å². The van der Waals surface area contributed by atoms with E-state index in [1.165, 1.54) is 54.4 Å². The van der Waals surface area contributed by atoms with Gasteiger partial charge in [-0.05, 0) is 35.1 Å². The Morgan fingerprint density at radius 1 is 1.07 bits per heavy atom. The number of nitrogens with zero attached hydrogens (tertiary/aromatic N) is 4. The van der Waals surface area contributed by atoms with Gasteiger partial charge < -0.3 is 11.1 Å². The van der Waals surface area contributed by atoms with Crippen LogP contribution in [0.5, 0.6) is 0 Å². The average Bonchev–Trinajstić information content (AvgIpc) is 3.27. The van der Waals surface area contributed by atoms with E-state index in [2.05, 4.69) is 68.9 Å². The number of aromatic nitrogens is 3. The summed E-state index contributed by atoms with van der Waals surface area (Å²) in [6.07, 6.45) is 9.55. The summed E-state index contributed by atoms with van der Waals surface area (Å²) in [6, 6.07) is 17.4. The van der Waals surface area contributed by atoms with Crippen molar-refractivity contribution in [1.82, 2.24) is 20.1 Å². The molecule has 7 heteroatoms. The van der Waals surface area contributed by atoms with E-state index in [1.807, 2.05) is 4.68 Å². The van der Waals surface area contributed by atoms with E-state index >= 15 is 0 Å². The Morgan fingerprint density at radius 3 is 2.57 bits per heavy atom. The molecule has 1 heterocycles. The van der Waals surface area contributed by atoms with Gasteiger partial charge in [-0.25, -0.2) is 14.7 Å². The molecule has 3 aromatic rings. The fourth-order valence-corrected chi connectivity index (χ4v) is 3.90. The van der Waals surface area contributed by atoms with Crippen molar-refractivity contribution in [3.05, 3.63) is 72.3 Å². The second-order valence-electron chi connectivity index (χ2n) is 7.63. The molecule has 0 unspecified atom stereocenters. The summed E-state index contributed by atoms with van der Waals surface area (Å²) >= 11 is 0. The minimum absolute atomic E-state index is 0. The first-order chi connectivity index (χ1) is 14.3. The topological polar surface area (TPSA) is 81.1 Å². The van der Waals surface area contributed by atoms with E-state index in [1.54, 1.807) is 12.7 Å². The molecule has 1 aliphatic rings. The lowest BCUT2D eigenvalue weighted by Crippen LogP contribution is -2.41. The van der Waals surface area contributed by atoms with Gasteiger partial charge in [0.05, 0.1) is 13.1 Å². The normalized spacial score (nSPS) is 14.9. The molecule has 0 aliphatic heterocycles. The SMILES string of the molecule is I.NC(=NCc1ccccc1-c1ccc(Cn2cncn2)cc1)NC1CCCCC1. The molecule has 1 fully saturated rings. The van der Waals surface area contributed by atoms with Crippen molar-refractivity contribution >= 4 is 29.9 Å². The third-order valence-corrected chi connectivity index (χ3v) is 5.47. The van der Waals surface area contributed by atoms with E-state index in [0.29, 0.717) is 18.5 Å². The van der Waals surface area contributed by atoms with E-state index in [4.69, 9.17) is 5.73 Å². The van der Waals surface area contributed by atoms with Crippen molar-refractivity contribution in [2.75, 3.05) is 0 Å². The van der Waals surface area contributed by atoms with Crippen LogP contribution >= 0.6 is 24.0 Å². The van der Waals surface area contributed by atoms with Crippen molar-refractivity contribution in [2.45, 2.75) is 51.2 Å².